The van der Waals surface area contributed by atoms with Crippen LogP contribution in [0.15, 0.2) is 75.9 Å². The van der Waals surface area contributed by atoms with Crippen LogP contribution >= 0.6 is 11.3 Å². The summed E-state index contributed by atoms with van der Waals surface area (Å²) in [6.07, 6.45) is -0.210. The summed E-state index contributed by atoms with van der Waals surface area (Å²) in [7, 11) is 0. The second-order valence-corrected chi connectivity index (χ2v) is 9.68. The van der Waals surface area contributed by atoms with Crippen molar-refractivity contribution >= 4 is 37.7 Å². The second-order valence-electron chi connectivity index (χ2n) is 8.65. The van der Waals surface area contributed by atoms with Gasteiger partial charge in [-0.3, -0.25) is 0 Å². The van der Waals surface area contributed by atoms with Crippen molar-refractivity contribution in [2.45, 2.75) is 26.4 Å². The van der Waals surface area contributed by atoms with E-state index in [-0.39, 0.29) is 12.2 Å². The number of rotatable bonds is 8. The van der Waals surface area contributed by atoms with Crippen LogP contribution in [0.1, 0.15) is 22.3 Å². The first-order valence-electron chi connectivity index (χ1n) is 11.5. The first kappa shape index (κ1) is 23.1. The van der Waals surface area contributed by atoms with Gasteiger partial charge in [-0.05, 0) is 54.8 Å². The zero-order chi connectivity index (χ0) is 24.4. The molecule has 1 unspecified atom stereocenters. The molecule has 0 spiro atoms. The van der Waals surface area contributed by atoms with Crippen molar-refractivity contribution < 1.29 is 14.3 Å². The van der Waals surface area contributed by atoms with Gasteiger partial charge in [0.15, 0.2) is 5.13 Å². The topological polar surface area (TPSA) is 84.6 Å². The number of fused-ring (bicyclic) bond motifs is 2. The highest BCUT2D eigenvalue weighted by atomic mass is 32.1. The molecule has 7 heteroatoms. The minimum absolute atomic E-state index is 0.0951. The smallest absolute Gasteiger partial charge is 0.340 e. The molecule has 178 valence electrons. The Morgan fingerprint density at radius 2 is 1.91 bits per heavy atom. The highest BCUT2D eigenvalue weighted by molar-refractivity contribution is 7.22. The van der Waals surface area contributed by atoms with E-state index in [9.17, 15) is 9.90 Å². The number of anilines is 1. The van der Waals surface area contributed by atoms with E-state index in [1.165, 1.54) is 5.56 Å². The molecule has 2 N–H and O–H groups in total. The van der Waals surface area contributed by atoms with Crippen molar-refractivity contribution in [2.75, 3.05) is 18.5 Å². The number of thiazole rings is 1. The molecule has 0 radical (unpaired) electrons. The van der Waals surface area contributed by atoms with Gasteiger partial charge in [0.1, 0.15) is 24.0 Å². The van der Waals surface area contributed by atoms with E-state index in [2.05, 4.69) is 23.3 Å². The fourth-order valence-electron chi connectivity index (χ4n) is 4.03. The van der Waals surface area contributed by atoms with Crippen molar-refractivity contribution in [3.63, 3.8) is 0 Å². The number of aliphatic hydroxyl groups is 1. The van der Waals surface area contributed by atoms with E-state index in [0.29, 0.717) is 29.9 Å². The zero-order valence-electron chi connectivity index (χ0n) is 19.6. The molecule has 0 aliphatic rings. The quantitative estimate of drug-likeness (QED) is 0.283. The molecule has 2 aromatic heterocycles. The number of aliphatic hydroxyl groups excluding tert-OH is 1. The first-order valence-corrected chi connectivity index (χ1v) is 12.3. The number of nitrogens with zero attached hydrogens (tertiary/aromatic N) is 1. The molecule has 0 bridgehead atoms. The molecule has 6 nitrogen and oxygen atoms in total. The molecule has 2 heterocycles. The third-order valence-corrected chi connectivity index (χ3v) is 6.93. The molecule has 0 fully saturated rings. The number of hydrogen-bond acceptors (Lipinski definition) is 7. The van der Waals surface area contributed by atoms with Gasteiger partial charge >= 0.3 is 5.63 Å². The predicted molar refractivity (Wildman–Crippen MR) is 141 cm³/mol. The normalized spacial score (nSPS) is 12.2. The molecule has 35 heavy (non-hydrogen) atoms. The molecule has 5 rings (SSSR count). The molecule has 5 aromatic rings. The highest BCUT2D eigenvalue weighted by Gasteiger charge is 2.14. The Labute approximate surface area is 206 Å². The third-order valence-electron chi connectivity index (χ3n) is 5.96. The largest absolute Gasteiger partial charge is 0.491 e. The number of hydrogen-bond donors (Lipinski definition) is 2. The van der Waals surface area contributed by atoms with Gasteiger partial charge in [0.25, 0.3) is 0 Å². The Hall–Kier alpha value is -3.68. The van der Waals surface area contributed by atoms with Gasteiger partial charge in [0.2, 0.25) is 0 Å². The van der Waals surface area contributed by atoms with Crippen LogP contribution in [0, 0.1) is 13.8 Å². The van der Waals surface area contributed by atoms with E-state index < -0.39 is 6.10 Å². The van der Waals surface area contributed by atoms with Gasteiger partial charge in [0.05, 0.1) is 10.2 Å². The van der Waals surface area contributed by atoms with Gasteiger partial charge in [-0.25, -0.2) is 9.78 Å². The fraction of sp³-hybridized carbons (Fsp3) is 0.214. The maximum absolute atomic E-state index is 12.7. The molecule has 3 aromatic carbocycles. The molecule has 0 saturated carbocycles. The van der Waals surface area contributed by atoms with Crippen molar-refractivity contribution in [1.29, 1.82) is 0 Å². The van der Waals surface area contributed by atoms with Gasteiger partial charge in [-0.1, -0.05) is 47.7 Å². The minimum atomic E-state index is -0.735. The molecular formula is C28H26N2O4S. The summed E-state index contributed by atoms with van der Waals surface area (Å²) in [6.45, 7) is 4.40. The lowest BCUT2D eigenvalue weighted by atomic mass is 10.00. The van der Waals surface area contributed by atoms with Gasteiger partial charge in [-0.2, -0.15) is 0 Å². The van der Waals surface area contributed by atoms with Crippen molar-refractivity contribution in [3.05, 3.63) is 99.4 Å². The van der Waals surface area contributed by atoms with Crippen LogP contribution in [0.25, 0.3) is 21.2 Å². The predicted octanol–water partition coefficient (Wildman–Crippen LogP) is 5.46. The van der Waals surface area contributed by atoms with Crippen LogP contribution < -0.4 is 15.7 Å². The number of aryl methyl sites for hydroxylation is 2. The number of aromatic nitrogens is 1. The Morgan fingerprint density at radius 1 is 1.09 bits per heavy atom. The van der Waals surface area contributed by atoms with Gasteiger partial charge < -0.3 is 19.6 Å². The lowest BCUT2D eigenvalue weighted by molar-refractivity contribution is 0.117. The molecule has 0 aliphatic carbocycles. The summed E-state index contributed by atoms with van der Waals surface area (Å²) in [5.41, 5.74) is 4.88. The lowest BCUT2D eigenvalue weighted by Crippen LogP contribution is -2.26. The highest BCUT2D eigenvalue weighted by Crippen LogP contribution is 2.27. The number of benzene rings is 3. The average Bonchev–Trinajstić information content (AvgIpc) is 3.26. The van der Waals surface area contributed by atoms with Gasteiger partial charge in [-0.15, -0.1) is 0 Å². The fourth-order valence-corrected chi connectivity index (χ4v) is 5.00. The van der Waals surface area contributed by atoms with Crippen LogP contribution in [-0.2, 0) is 6.42 Å². The van der Waals surface area contributed by atoms with E-state index in [0.717, 1.165) is 31.9 Å². The van der Waals surface area contributed by atoms with E-state index in [1.54, 1.807) is 17.4 Å². The maximum atomic E-state index is 12.7. The molecule has 0 saturated heterocycles. The summed E-state index contributed by atoms with van der Waals surface area (Å²) in [5.74, 6) is 0.533. The molecule has 1 atom stereocenters. The Morgan fingerprint density at radius 3 is 2.74 bits per heavy atom. The third kappa shape index (κ3) is 5.21. The Bertz CT molecular complexity index is 1540. The van der Waals surface area contributed by atoms with Crippen LogP contribution in [0.4, 0.5) is 5.13 Å². The second kappa shape index (κ2) is 9.90. The number of nitrogens with one attached hydrogen (secondary N) is 1. The summed E-state index contributed by atoms with van der Waals surface area (Å²) < 4.78 is 12.5. The minimum Gasteiger partial charge on any atom is -0.491 e. The summed E-state index contributed by atoms with van der Waals surface area (Å²) in [6, 6.07) is 21.4. The SMILES string of the molecule is Cc1ccc2nc(NCC(O)COc3ccc4c(C)c(Cc5ccccc5)c(=O)oc4c3)sc2c1. The van der Waals surface area contributed by atoms with Crippen LogP contribution in [-0.4, -0.2) is 29.3 Å². The number of ether oxygens (including phenoxy) is 1. The van der Waals surface area contributed by atoms with Crippen LogP contribution in [0.5, 0.6) is 5.75 Å². The van der Waals surface area contributed by atoms with E-state index >= 15 is 0 Å². The molecule has 0 amide bonds. The lowest BCUT2D eigenvalue weighted by Gasteiger charge is -2.14. The molecular weight excluding hydrogens is 460 g/mol. The average molecular weight is 487 g/mol. The molecule has 0 aliphatic heterocycles. The van der Waals surface area contributed by atoms with Crippen molar-refractivity contribution in [1.82, 2.24) is 4.98 Å². The van der Waals surface area contributed by atoms with Gasteiger partial charge in [0, 0.05) is 30.0 Å². The zero-order valence-corrected chi connectivity index (χ0v) is 20.4. The van der Waals surface area contributed by atoms with E-state index in [4.69, 9.17) is 9.15 Å². The first-order chi connectivity index (χ1) is 17.0. The summed E-state index contributed by atoms with van der Waals surface area (Å²) >= 11 is 1.56. The maximum Gasteiger partial charge on any atom is 0.340 e. The Balaban J connectivity index is 1.23. The standard InChI is InChI=1S/C28H26N2O4S/c1-17-8-11-24-26(12-17)35-28(30-24)29-15-20(31)16-33-21-9-10-22-18(2)23(27(32)34-25(22)14-21)13-19-6-4-3-5-7-19/h3-12,14,20,31H,13,15-16H2,1-2H3,(H,29,30). The van der Waals surface area contributed by atoms with Crippen LogP contribution in [0.3, 0.4) is 0 Å². The Kier molecular flexibility index (Phi) is 6.53. The summed E-state index contributed by atoms with van der Waals surface area (Å²) in [5, 5.41) is 15.2. The van der Waals surface area contributed by atoms with Crippen molar-refractivity contribution in [3.8, 4) is 5.75 Å². The monoisotopic (exact) mass is 486 g/mol. The summed E-state index contributed by atoms with van der Waals surface area (Å²) in [4.78, 5) is 17.2. The van der Waals surface area contributed by atoms with Crippen molar-refractivity contribution in [2.24, 2.45) is 0 Å². The van der Waals surface area contributed by atoms with E-state index in [1.807, 2.05) is 61.5 Å². The van der Waals surface area contributed by atoms with Crippen LogP contribution in [0.2, 0.25) is 0 Å².